The number of carbonyl (C=O) groups excluding carboxylic acids is 1. The van der Waals surface area contributed by atoms with Gasteiger partial charge in [0.05, 0.1) is 0 Å². The van der Waals surface area contributed by atoms with E-state index in [1.807, 2.05) is 27.7 Å². The first-order valence-corrected chi connectivity index (χ1v) is 8.58. The average Bonchev–Trinajstić information content (AvgIpc) is 3.23. The second-order valence-electron chi connectivity index (χ2n) is 6.92. The van der Waals surface area contributed by atoms with Gasteiger partial charge in [-0.1, -0.05) is 38.0 Å². The van der Waals surface area contributed by atoms with Gasteiger partial charge in [0.1, 0.15) is 11.8 Å². The highest BCUT2D eigenvalue weighted by molar-refractivity contribution is 5.92. The van der Waals surface area contributed by atoms with Gasteiger partial charge >= 0.3 is 0 Å². The molecule has 0 radical (unpaired) electrons. The topological polar surface area (TPSA) is 85.3 Å². The number of carbonyl (C=O) groups is 1. The van der Waals surface area contributed by atoms with Crippen LogP contribution in [0.5, 0.6) is 0 Å². The molecule has 24 heavy (non-hydrogen) atoms. The third-order valence-electron chi connectivity index (χ3n) is 4.34. The maximum Gasteiger partial charge on any atom is 0.276 e. The highest BCUT2D eigenvalue weighted by Crippen LogP contribution is 2.32. The van der Waals surface area contributed by atoms with Crippen molar-refractivity contribution in [3.05, 3.63) is 29.2 Å². The van der Waals surface area contributed by atoms with Gasteiger partial charge in [-0.05, 0) is 19.3 Å². The standard InChI is InChI=1S/C17H24N4O3/c1-10(2)14-9-12(19-23-14)17(22)21-8-6-5-7-13(21)16-18-15(11(3)4)20-24-16/h9-11,13H,5-8H2,1-4H3/t13-/m0/s1. The molecule has 0 N–H and O–H groups in total. The molecule has 0 unspecified atom stereocenters. The summed E-state index contributed by atoms with van der Waals surface area (Å²) < 4.78 is 10.7. The zero-order chi connectivity index (χ0) is 17.3. The van der Waals surface area contributed by atoms with Crippen LogP contribution in [0.4, 0.5) is 0 Å². The fourth-order valence-electron chi connectivity index (χ4n) is 2.86. The van der Waals surface area contributed by atoms with Gasteiger partial charge < -0.3 is 13.9 Å². The molecule has 1 amide bonds. The minimum absolute atomic E-state index is 0.139. The van der Waals surface area contributed by atoms with Crippen molar-refractivity contribution in [1.82, 2.24) is 20.2 Å². The minimum Gasteiger partial charge on any atom is -0.360 e. The van der Waals surface area contributed by atoms with E-state index in [0.717, 1.165) is 19.3 Å². The van der Waals surface area contributed by atoms with Crippen LogP contribution in [0, 0.1) is 0 Å². The summed E-state index contributed by atoms with van der Waals surface area (Å²) in [6.07, 6.45) is 2.81. The molecule has 7 heteroatoms. The number of aromatic nitrogens is 3. The third-order valence-corrected chi connectivity index (χ3v) is 4.34. The van der Waals surface area contributed by atoms with Gasteiger partial charge in [0.2, 0.25) is 5.89 Å². The summed E-state index contributed by atoms with van der Waals surface area (Å²) >= 11 is 0. The molecule has 0 aromatic carbocycles. The lowest BCUT2D eigenvalue weighted by molar-refractivity contribution is 0.0551. The number of piperidine rings is 1. The minimum atomic E-state index is -0.189. The average molecular weight is 332 g/mol. The van der Waals surface area contributed by atoms with E-state index in [-0.39, 0.29) is 23.8 Å². The maximum absolute atomic E-state index is 12.9. The summed E-state index contributed by atoms with van der Waals surface area (Å²) in [5, 5.41) is 7.97. The Balaban J connectivity index is 1.84. The molecular weight excluding hydrogens is 308 g/mol. The fraction of sp³-hybridized carbons (Fsp3) is 0.647. The van der Waals surface area contributed by atoms with Crippen LogP contribution >= 0.6 is 0 Å². The molecule has 1 aliphatic rings. The Hall–Kier alpha value is -2.18. The molecule has 0 aliphatic carbocycles. The summed E-state index contributed by atoms with van der Waals surface area (Å²) in [7, 11) is 0. The number of hydrogen-bond donors (Lipinski definition) is 0. The molecule has 7 nitrogen and oxygen atoms in total. The van der Waals surface area contributed by atoms with E-state index in [1.54, 1.807) is 11.0 Å². The van der Waals surface area contributed by atoms with Gasteiger partial charge in [-0.3, -0.25) is 4.79 Å². The Labute approximate surface area is 141 Å². The number of rotatable bonds is 4. The van der Waals surface area contributed by atoms with Crippen LogP contribution in [0.3, 0.4) is 0 Å². The van der Waals surface area contributed by atoms with Gasteiger partial charge in [0.15, 0.2) is 11.5 Å². The Morgan fingerprint density at radius 1 is 1.17 bits per heavy atom. The molecule has 0 bridgehead atoms. The van der Waals surface area contributed by atoms with Crippen LogP contribution in [0.1, 0.15) is 92.8 Å². The maximum atomic E-state index is 12.9. The predicted molar refractivity (Wildman–Crippen MR) is 86.6 cm³/mol. The molecule has 1 aliphatic heterocycles. The monoisotopic (exact) mass is 332 g/mol. The van der Waals surface area contributed by atoms with E-state index in [1.165, 1.54) is 0 Å². The molecule has 3 heterocycles. The van der Waals surface area contributed by atoms with Crippen molar-refractivity contribution in [3.8, 4) is 0 Å². The quantitative estimate of drug-likeness (QED) is 0.849. The van der Waals surface area contributed by atoms with E-state index in [9.17, 15) is 4.79 Å². The van der Waals surface area contributed by atoms with E-state index >= 15 is 0 Å². The van der Waals surface area contributed by atoms with Crippen LogP contribution in [-0.4, -0.2) is 32.6 Å². The van der Waals surface area contributed by atoms with Crippen molar-refractivity contribution >= 4 is 5.91 Å². The Kier molecular flexibility index (Phi) is 4.69. The summed E-state index contributed by atoms with van der Waals surface area (Å²) in [6.45, 7) is 8.70. The molecule has 1 atom stereocenters. The third kappa shape index (κ3) is 3.20. The van der Waals surface area contributed by atoms with Crippen molar-refractivity contribution in [2.45, 2.75) is 64.8 Å². The van der Waals surface area contributed by atoms with E-state index in [0.29, 0.717) is 29.7 Å². The molecule has 1 saturated heterocycles. The molecular formula is C17H24N4O3. The normalized spacial score (nSPS) is 18.6. The van der Waals surface area contributed by atoms with Gasteiger partial charge in [-0.15, -0.1) is 0 Å². The van der Waals surface area contributed by atoms with Gasteiger partial charge in [-0.25, -0.2) is 0 Å². The Morgan fingerprint density at radius 3 is 2.58 bits per heavy atom. The van der Waals surface area contributed by atoms with Crippen LogP contribution in [-0.2, 0) is 0 Å². The van der Waals surface area contributed by atoms with Crippen LogP contribution in [0.15, 0.2) is 15.1 Å². The first-order valence-electron chi connectivity index (χ1n) is 8.58. The van der Waals surface area contributed by atoms with Crippen molar-refractivity contribution in [1.29, 1.82) is 0 Å². The SMILES string of the molecule is CC(C)c1noc([C@@H]2CCCCN2C(=O)c2cc(C(C)C)on2)n1. The van der Waals surface area contributed by atoms with Gasteiger partial charge in [0, 0.05) is 24.4 Å². The summed E-state index contributed by atoms with van der Waals surface area (Å²) in [5.41, 5.74) is 0.342. The second-order valence-corrected chi connectivity index (χ2v) is 6.92. The predicted octanol–water partition coefficient (Wildman–Crippen LogP) is 3.67. The Bertz CT molecular complexity index is 704. The largest absolute Gasteiger partial charge is 0.360 e. The van der Waals surface area contributed by atoms with Crippen LogP contribution < -0.4 is 0 Å². The zero-order valence-electron chi connectivity index (χ0n) is 14.7. The fourth-order valence-corrected chi connectivity index (χ4v) is 2.86. The highest BCUT2D eigenvalue weighted by Gasteiger charge is 2.34. The lowest BCUT2D eigenvalue weighted by Gasteiger charge is -2.32. The van der Waals surface area contributed by atoms with Gasteiger partial charge in [0.25, 0.3) is 5.91 Å². The smallest absolute Gasteiger partial charge is 0.276 e. The molecule has 0 saturated carbocycles. The van der Waals surface area contributed by atoms with Crippen molar-refractivity contribution in [3.63, 3.8) is 0 Å². The van der Waals surface area contributed by atoms with Crippen LogP contribution in [0.25, 0.3) is 0 Å². The van der Waals surface area contributed by atoms with Crippen molar-refractivity contribution in [2.75, 3.05) is 6.54 Å². The molecule has 1 fully saturated rings. The van der Waals surface area contributed by atoms with Gasteiger partial charge in [-0.2, -0.15) is 4.98 Å². The summed E-state index contributed by atoms with van der Waals surface area (Å²) in [6, 6.07) is 1.54. The zero-order valence-corrected chi connectivity index (χ0v) is 14.7. The number of amides is 1. The van der Waals surface area contributed by atoms with E-state index in [4.69, 9.17) is 9.05 Å². The van der Waals surface area contributed by atoms with Crippen LogP contribution in [0.2, 0.25) is 0 Å². The Morgan fingerprint density at radius 2 is 1.96 bits per heavy atom. The highest BCUT2D eigenvalue weighted by atomic mass is 16.5. The van der Waals surface area contributed by atoms with E-state index < -0.39 is 0 Å². The molecule has 130 valence electrons. The second kappa shape index (κ2) is 6.75. The van der Waals surface area contributed by atoms with Crippen molar-refractivity contribution < 1.29 is 13.8 Å². The molecule has 3 rings (SSSR count). The molecule has 2 aromatic rings. The number of likely N-dealkylation sites (tertiary alicyclic amines) is 1. The molecule has 0 spiro atoms. The summed E-state index contributed by atoms with van der Waals surface area (Å²) in [5.74, 6) is 2.15. The lowest BCUT2D eigenvalue weighted by atomic mass is 10.0. The molecule has 2 aromatic heterocycles. The van der Waals surface area contributed by atoms with Crippen molar-refractivity contribution in [2.24, 2.45) is 0 Å². The first-order chi connectivity index (χ1) is 11.5. The number of nitrogens with zero attached hydrogens (tertiary/aromatic N) is 4. The summed E-state index contributed by atoms with van der Waals surface area (Å²) in [4.78, 5) is 19.1. The lowest BCUT2D eigenvalue weighted by Crippen LogP contribution is -2.38. The first kappa shape index (κ1) is 16.7. The number of hydrogen-bond acceptors (Lipinski definition) is 6. The van der Waals surface area contributed by atoms with E-state index in [2.05, 4.69) is 15.3 Å².